The van der Waals surface area contributed by atoms with Gasteiger partial charge in [-0.2, -0.15) is 0 Å². The largest absolute Gasteiger partial charge is 0.494 e. The molecule has 5 heteroatoms. The SMILES string of the molecule is CCOc1cccc(OC2CCC(NC)(C(N)=O)C2)c1. The van der Waals surface area contributed by atoms with Gasteiger partial charge in [-0.1, -0.05) is 6.07 Å². The summed E-state index contributed by atoms with van der Waals surface area (Å²) in [5.41, 5.74) is 4.85. The molecule has 0 saturated heterocycles. The van der Waals surface area contributed by atoms with Gasteiger partial charge in [-0.25, -0.2) is 0 Å². The van der Waals surface area contributed by atoms with Crippen LogP contribution in [0.5, 0.6) is 11.5 Å². The van der Waals surface area contributed by atoms with Crippen molar-refractivity contribution in [2.75, 3.05) is 13.7 Å². The Hall–Kier alpha value is -1.75. The van der Waals surface area contributed by atoms with E-state index in [1.54, 1.807) is 7.05 Å². The first-order valence-corrected chi connectivity index (χ1v) is 6.98. The first kappa shape index (κ1) is 14.7. The Balaban J connectivity index is 2.01. The van der Waals surface area contributed by atoms with Crippen molar-refractivity contribution in [2.45, 2.75) is 37.8 Å². The maximum absolute atomic E-state index is 11.6. The molecule has 5 nitrogen and oxygen atoms in total. The van der Waals surface area contributed by atoms with Crippen molar-refractivity contribution in [3.05, 3.63) is 24.3 Å². The summed E-state index contributed by atoms with van der Waals surface area (Å²) in [6.07, 6.45) is 2.10. The first-order valence-electron chi connectivity index (χ1n) is 6.98. The van der Waals surface area contributed by atoms with Crippen molar-refractivity contribution in [1.82, 2.24) is 5.32 Å². The van der Waals surface area contributed by atoms with Gasteiger partial charge in [0.05, 0.1) is 6.61 Å². The van der Waals surface area contributed by atoms with Gasteiger partial charge in [0.25, 0.3) is 0 Å². The summed E-state index contributed by atoms with van der Waals surface area (Å²) in [5.74, 6) is 1.24. The molecule has 3 N–H and O–H groups in total. The highest BCUT2D eigenvalue weighted by Crippen LogP contribution is 2.33. The topological polar surface area (TPSA) is 73.6 Å². The van der Waals surface area contributed by atoms with Crippen molar-refractivity contribution >= 4 is 5.91 Å². The summed E-state index contributed by atoms with van der Waals surface area (Å²) in [6, 6.07) is 7.56. The van der Waals surface area contributed by atoms with Crippen LogP contribution in [0.15, 0.2) is 24.3 Å². The number of hydrogen-bond acceptors (Lipinski definition) is 4. The van der Waals surface area contributed by atoms with Crippen molar-refractivity contribution < 1.29 is 14.3 Å². The molecule has 1 saturated carbocycles. The molecule has 1 aliphatic rings. The van der Waals surface area contributed by atoms with E-state index in [2.05, 4.69) is 5.32 Å². The van der Waals surface area contributed by atoms with Gasteiger partial charge in [0, 0.05) is 12.5 Å². The van der Waals surface area contributed by atoms with Gasteiger partial charge in [0.15, 0.2) is 0 Å². The Bertz CT molecular complexity index is 478. The monoisotopic (exact) mass is 278 g/mol. The molecule has 110 valence electrons. The summed E-state index contributed by atoms with van der Waals surface area (Å²) in [6.45, 7) is 2.57. The predicted octanol–water partition coefficient (Wildman–Crippen LogP) is 1.46. The van der Waals surface area contributed by atoms with E-state index in [0.29, 0.717) is 19.4 Å². The van der Waals surface area contributed by atoms with Crippen molar-refractivity contribution in [1.29, 1.82) is 0 Å². The Labute approximate surface area is 119 Å². The Morgan fingerprint density at radius 2 is 2.25 bits per heavy atom. The molecule has 0 spiro atoms. The fourth-order valence-electron chi connectivity index (χ4n) is 2.67. The third-order valence-electron chi connectivity index (χ3n) is 3.84. The van der Waals surface area contributed by atoms with Gasteiger partial charge in [-0.05, 0) is 38.9 Å². The molecule has 0 radical (unpaired) electrons. The normalized spacial score (nSPS) is 25.4. The minimum absolute atomic E-state index is 0.00757. The molecular weight excluding hydrogens is 256 g/mol. The van der Waals surface area contributed by atoms with Crippen LogP contribution in [-0.2, 0) is 4.79 Å². The van der Waals surface area contributed by atoms with Crippen LogP contribution in [0.4, 0.5) is 0 Å². The second-order valence-corrected chi connectivity index (χ2v) is 5.09. The highest BCUT2D eigenvalue weighted by atomic mass is 16.5. The van der Waals surface area contributed by atoms with E-state index in [9.17, 15) is 4.79 Å². The molecular formula is C15H22N2O3. The summed E-state index contributed by atoms with van der Waals surface area (Å²) >= 11 is 0. The average molecular weight is 278 g/mol. The fraction of sp³-hybridized carbons (Fsp3) is 0.533. The molecule has 2 atom stereocenters. The molecule has 0 heterocycles. The highest BCUT2D eigenvalue weighted by molar-refractivity contribution is 5.85. The van der Waals surface area contributed by atoms with Crippen LogP contribution >= 0.6 is 0 Å². The number of nitrogens with two attached hydrogens (primary N) is 1. The Morgan fingerprint density at radius 3 is 2.85 bits per heavy atom. The average Bonchev–Trinajstić information content (AvgIpc) is 2.84. The third-order valence-corrected chi connectivity index (χ3v) is 3.84. The minimum atomic E-state index is -0.637. The van der Waals surface area contributed by atoms with Crippen molar-refractivity contribution in [3.8, 4) is 11.5 Å². The van der Waals surface area contributed by atoms with Crippen LogP contribution < -0.4 is 20.5 Å². The summed E-state index contributed by atoms with van der Waals surface area (Å²) in [5, 5.41) is 3.05. The number of carbonyl (C=O) groups excluding carboxylic acids is 1. The number of rotatable bonds is 6. The summed E-state index contributed by atoms with van der Waals surface area (Å²) in [7, 11) is 1.77. The van der Waals surface area contributed by atoms with Crippen LogP contribution in [0.3, 0.4) is 0 Å². The minimum Gasteiger partial charge on any atom is -0.494 e. The van der Waals surface area contributed by atoms with Gasteiger partial charge in [-0.15, -0.1) is 0 Å². The molecule has 20 heavy (non-hydrogen) atoms. The Kier molecular flexibility index (Phi) is 4.49. The van der Waals surface area contributed by atoms with Gasteiger partial charge in [-0.3, -0.25) is 4.79 Å². The maximum Gasteiger partial charge on any atom is 0.237 e. The molecule has 0 bridgehead atoms. The smallest absolute Gasteiger partial charge is 0.237 e. The van der Waals surface area contributed by atoms with E-state index >= 15 is 0 Å². The molecule has 1 fully saturated rings. The van der Waals surface area contributed by atoms with Crippen LogP contribution in [0.2, 0.25) is 0 Å². The molecule has 2 rings (SSSR count). The first-order chi connectivity index (χ1) is 9.59. The lowest BCUT2D eigenvalue weighted by molar-refractivity contribution is -0.124. The zero-order valence-corrected chi connectivity index (χ0v) is 12.0. The molecule has 1 amide bonds. The maximum atomic E-state index is 11.6. The summed E-state index contributed by atoms with van der Waals surface area (Å²) < 4.78 is 11.4. The van der Waals surface area contributed by atoms with Gasteiger partial charge >= 0.3 is 0 Å². The predicted molar refractivity (Wildman–Crippen MR) is 76.9 cm³/mol. The molecule has 1 aromatic rings. The molecule has 0 aromatic heterocycles. The van der Waals surface area contributed by atoms with E-state index in [1.165, 1.54) is 0 Å². The zero-order chi connectivity index (χ0) is 14.6. The number of hydrogen-bond donors (Lipinski definition) is 2. The van der Waals surface area contributed by atoms with Crippen LogP contribution in [0, 0.1) is 0 Å². The number of primary amides is 1. The highest BCUT2D eigenvalue weighted by Gasteiger charge is 2.43. The van der Waals surface area contributed by atoms with Gasteiger partial charge in [0.2, 0.25) is 5.91 Å². The number of likely N-dealkylation sites (N-methyl/N-ethyl adjacent to an activating group) is 1. The second-order valence-electron chi connectivity index (χ2n) is 5.09. The molecule has 2 unspecified atom stereocenters. The van der Waals surface area contributed by atoms with Crippen molar-refractivity contribution in [3.63, 3.8) is 0 Å². The van der Waals surface area contributed by atoms with Crippen LogP contribution in [0.25, 0.3) is 0 Å². The molecule has 0 aliphatic heterocycles. The zero-order valence-electron chi connectivity index (χ0n) is 12.0. The van der Waals surface area contributed by atoms with E-state index in [-0.39, 0.29) is 12.0 Å². The lowest BCUT2D eigenvalue weighted by atomic mass is 9.97. The van der Waals surface area contributed by atoms with Gasteiger partial charge in [0.1, 0.15) is 23.1 Å². The molecule has 1 aromatic carbocycles. The number of carbonyl (C=O) groups is 1. The van der Waals surface area contributed by atoms with E-state index in [4.69, 9.17) is 15.2 Å². The number of ether oxygens (including phenoxy) is 2. The standard InChI is InChI=1S/C15H22N2O3/c1-3-19-11-5-4-6-12(9-11)20-13-7-8-15(10-13,17-2)14(16)18/h4-6,9,13,17H,3,7-8,10H2,1-2H3,(H2,16,18). The lowest BCUT2D eigenvalue weighted by Crippen LogP contribution is -2.52. The second kappa shape index (κ2) is 6.13. The van der Waals surface area contributed by atoms with E-state index in [1.807, 2.05) is 31.2 Å². The quantitative estimate of drug-likeness (QED) is 0.826. The number of benzene rings is 1. The van der Waals surface area contributed by atoms with E-state index < -0.39 is 5.54 Å². The fourth-order valence-corrected chi connectivity index (χ4v) is 2.67. The number of amides is 1. The number of nitrogens with one attached hydrogen (secondary N) is 1. The van der Waals surface area contributed by atoms with Crippen LogP contribution in [-0.4, -0.2) is 31.2 Å². The Morgan fingerprint density at radius 1 is 1.50 bits per heavy atom. The van der Waals surface area contributed by atoms with Crippen molar-refractivity contribution in [2.24, 2.45) is 5.73 Å². The lowest BCUT2D eigenvalue weighted by Gasteiger charge is -2.24. The van der Waals surface area contributed by atoms with E-state index in [0.717, 1.165) is 17.9 Å². The third kappa shape index (κ3) is 3.04. The summed E-state index contributed by atoms with van der Waals surface area (Å²) in [4.78, 5) is 11.6. The van der Waals surface area contributed by atoms with Gasteiger partial charge < -0.3 is 20.5 Å². The van der Waals surface area contributed by atoms with Crippen LogP contribution in [0.1, 0.15) is 26.2 Å². The molecule has 1 aliphatic carbocycles.